The average Bonchev–Trinajstić information content (AvgIpc) is 2.58. The number of nitrogens with zero attached hydrogens (tertiary/aromatic N) is 3. The summed E-state index contributed by atoms with van der Waals surface area (Å²) in [7, 11) is 0. The maximum absolute atomic E-state index is 14.5. The Morgan fingerprint density at radius 2 is 1.68 bits per heavy atom. The summed E-state index contributed by atoms with van der Waals surface area (Å²) in [6.45, 7) is 5.92. The maximum Gasteiger partial charge on any atom is 0.151 e. The van der Waals surface area contributed by atoms with Gasteiger partial charge in [-0.05, 0) is 32.0 Å². The van der Waals surface area contributed by atoms with Crippen LogP contribution >= 0.6 is 0 Å². The summed E-state index contributed by atoms with van der Waals surface area (Å²) in [5.41, 5.74) is 2.20. The average molecular weight is 337 g/mol. The molecule has 0 saturated heterocycles. The second-order valence-electron chi connectivity index (χ2n) is 6.94. The third-order valence-electron chi connectivity index (χ3n) is 5.01. The van der Waals surface area contributed by atoms with Crippen molar-refractivity contribution in [1.29, 1.82) is 0 Å². The van der Waals surface area contributed by atoms with Crippen molar-refractivity contribution < 1.29 is 8.78 Å². The first-order valence-corrected chi connectivity index (χ1v) is 8.19. The topological polar surface area (TPSA) is 38.1 Å². The van der Waals surface area contributed by atoms with Gasteiger partial charge < -0.3 is 0 Å². The van der Waals surface area contributed by atoms with E-state index in [9.17, 15) is 8.78 Å². The van der Waals surface area contributed by atoms with Crippen LogP contribution in [0.1, 0.15) is 43.5 Å². The van der Waals surface area contributed by atoms with Crippen LogP contribution in [0.4, 0.5) is 8.78 Å². The van der Waals surface area contributed by atoms with Gasteiger partial charge in [0.1, 0.15) is 17.0 Å². The molecule has 0 fully saturated rings. The van der Waals surface area contributed by atoms with Gasteiger partial charge in [-0.15, -0.1) is 10.2 Å². The Balaban J connectivity index is 1.97. The van der Waals surface area contributed by atoms with Gasteiger partial charge in [-0.2, -0.15) is 0 Å². The standard InChI is InChI=1S/C20H17F2N3/c1-11-17-13(7-5-8-14(17)21)19(23-20(11,2)3)16-10-12-6-4-9-15(22)18(12)25-24-16/h4-11H,1-3H3. The van der Waals surface area contributed by atoms with Gasteiger partial charge in [-0.3, -0.25) is 4.99 Å². The third-order valence-corrected chi connectivity index (χ3v) is 5.01. The zero-order valence-electron chi connectivity index (χ0n) is 14.2. The van der Waals surface area contributed by atoms with Crippen molar-refractivity contribution in [3.8, 4) is 0 Å². The highest BCUT2D eigenvalue weighted by molar-refractivity contribution is 6.14. The van der Waals surface area contributed by atoms with Crippen molar-refractivity contribution in [3.05, 3.63) is 70.9 Å². The van der Waals surface area contributed by atoms with E-state index in [0.717, 1.165) is 5.56 Å². The number of benzene rings is 2. The second-order valence-corrected chi connectivity index (χ2v) is 6.94. The minimum atomic E-state index is -0.483. The van der Waals surface area contributed by atoms with Gasteiger partial charge in [-0.1, -0.05) is 31.2 Å². The van der Waals surface area contributed by atoms with E-state index in [1.807, 2.05) is 26.8 Å². The predicted octanol–water partition coefficient (Wildman–Crippen LogP) is 4.64. The zero-order valence-corrected chi connectivity index (χ0v) is 14.2. The van der Waals surface area contributed by atoms with Crippen molar-refractivity contribution in [2.24, 2.45) is 4.99 Å². The Morgan fingerprint density at radius 1 is 0.960 bits per heavy atom. The van der Waals surface area contributed by atoms with Crippen molar-refractivity contribution in [2.45, 2.75) is 32.2 Å². The van der Waals surface area contributed by atoms with E-state index in [4.69, 9.17) is 4.99 Å². The van der Waals surface area contributed by atoms with Crippen LogP contribution in [0.3, 0.4) is 0 Å². The Morgan fingerprint density at radius 3 is 2.48 bits per heavy atom. The Kier molecular flexibility index (Phi) is 3.42. The molecule has 3 aromatic rings. The summed E-state index contributed by atoms with van der Waals surface area (Å²) < 4.78 is 28.4. The van der Waals surface area contributed by atoms with Crippen LogP contribution < -0.4 is 0 Å². The van der Waals surface area contributed by atoms with E-state index in [-0.39, 0.29) is 17.3 Å². The van der Waals surface area contributed by atoms with Crippen LogP contribution in [0, 0.1) is 11.6 Å². The van der Waals surface area contributed by atoms with E-state index < -0.39 is 11.4 Å². The van der Waals surface area contributed by atoms with E-state index >= 15 is 0 Å². The fraction of sp³-hybridized carbons (Fsp3) is 0.250. The van der Waals surface area contributed by atoms with Crippen LogP contribution in [0.15, 0.2) is 47.5 Å². The van der Waals surface area contributed by atoms with E-state index in [1.165, 1.54) is 12.1 Å². The molecule has 0 amide bonds. The number of halogens is 2. The quantitative estimate of drug-likeness (QED) is 0.649. The smallest absolute Gasteiger partial charge is 0.151 e. The summed E-state index contributed by atoms with van der Waals surface area (Å²) in [5, 5.41) is 8.83. The molecule has 0 radical (unpaired) electrons. The van der Waals surface area contributed by atoms with Crippen molar-refractivity contribution in [1.82, 2.24) is 10.2 Å². The minimum absolute atomic E-state index is 0.0710. The Hall–Kier alpha value is -2.69. The monoisotopic (exact) mass is 337 g/mol. The van der Waals surface area contributed by atoms with Gasteiger partial charge in [0, 0.05) is 22.4 Å². The first kappa shape index (κ1) is 15.8. The SMILES string of the molecule is CC1c2c(F)cccc2C(c2cc3cccc(F)c3nn2)=NC1(C)C. The maximum atomic E-state index is 14.5. The molecule has 0 bridgehead atoms. The lowest BCUT2D eigenvalue weighted by atomic mass is 9.77. The summed E-state index contributed by atoms with van der Waals surface area (Å²) in [5.74, 6) is -0.730. The molecule has 1 aliphatic heterocycles. The fourth-order valence-corrected chi connectivity index (χ4v) is 3.33. The summed E-state index contributed by atoms with van der Waals surface area (Å²) in [4.78, 5) is 4.83. The summed E-state index contributed by atoms with van der Waals surface area (Å²) >= 11 is 0. The second kappa shape index (κ2) is 5.41. The van der Waals surface area contributed by atoms with Gasteiger partial charge in [0.2, 0.25) is 0 Å². The first-order valence-electron chi connectivity index (χ1n) is 8.19. The van der Waals surface area contributed by atoms with Gasteiger partial charge in [0.15, 0.2) is 5.82 Å². The van der Waals surface area contributed by atoms with Crippen LogP contribution in [0.5, 0.6) is 0 Å². The highest BCUT2D eigenvalue weighted by atomic mass is 19.1. The van der Waals surface area contributed by atoms with Crippen LogP contribution in [-0.2, 0) is 0 Å². The molecule has 2 heterocycles. The van der Waals surface area contributed by atoms with Crippen LogP contribution in [0.2, 0.25) is 0 Å². The molecule has 1 aromatic heterocycles. The number of hydrogen-bond acceptors (Lipinski definition) is 3. The molecule has 0 saturated carbocycles. The van der Waals surface area contributed by atoms with Gasteiger partial charge >= 0.3 is 0 Å². The minimum Gasteiger partial charge on any atom is -0.276 e. The van der Waals surface area contributed by atoms with Gasteiger partial charge in [-0.25, -0.2) is 8.78 Å². The molecule has 4 rings (SSSR count). The van der Waals surface area contributed by atoms with Crippen LogP contribution in [0.25, 0.3) is 10.9 Å². The fourth-order valence-electron chi connectivity index (χ4n) is 3.33. The lowest BCUT2D eigenvalue weighted by molar-refractivity contribution is 0.417. The molecule has 0 N–H and O–H groups in total. The Labute approximate surface area is 144 Å². The van der Waals surface area contributed by atoms with Gasteiger partial charge in [0.25, 0.3) is 0 Å². The Bertz CT molecular complexity index is 1020. The molecule has 5 heteroatoms. The summed E-state index contributed by atoms with van der Waals surface area (Å²) in [6, 6.07) is 11.5. The highest BCUT2D eigenvalue weighted by Gasteiger charge is 2.36. The number of rotatable bonds is 1. The molecule has 1 atom stereocenters. The molecule has 2 aromatic carbocycles. The normalized spacial score (nSPS) is 18.8. The lowest BCUT2D eigenvalue weighted by Gasteiger charge is -2.35. The molecule has 1 unspecified atom stereocenters. The third kappa shape index (κ3) is 2.42. The van der Waals surface area contributed by atoms with E-state index in [0.29, 0.717) is 22.4 Å². The van der Waals surface area contributed by atoms with E-state index in [2.05, 4.69) is 10.2 Å². The van der Waals surface area contributed by atoms with Crippen molar-refractivity contribution in [2.75, 3.05) is 0 Å². The predicted molar refractivity (Wildman–Crippen MR) is 94.0 cm³/mol. The molecule has 25 heavy (non-hydrogen) atoms. The molecule has 126 valence electrons. The molecule has 0 spiro atoms. The molecule has 0 aliphatic carbocycles. The van der Waals surface area contributed by atoms with Crippen LogP contribution in [-0.4, -0.2) is 21.4 Å². The van der Waals surface area contributed by atoms with Crippen molar-refractivity contribution >= 4 is 16.6 Å². The molecular weight excluding hydrogens is 320 g/mol. The van der Waals surface area contributed by atoms with Gasteiger partial charge in [0.05, 0.1) is 11.3 Å². The number of aromatic nitrogens is 2. The lowest BCUT2D eigenvalue weighted by Crippen LogP contribution is -2.34. The van der Waals surface area contributed by atoms with E-state index in [1.54, 1.807) is 24.3 Å². The first-order chi connectivity index (χ1) is 11.9. The summed E-state index contributed by atoms with van der Waals surface area (Å²) in [6.07, 6.45) is 0. The molecule has 3 nitrogen and oxygen atoms in total. The number of hydrogen-bond donors (Lipinski definition) is 0. The molecular formula is C20H17F2N3. The highest BCUT2D eigenvalue weighted by Crippen LogP contribution is 2.40. The zero-order chi connectivity index (χ0) is 17.8. The van der Waals surface area contributed by atoms with Crippen molar-refractivity contribution in [3.63, 3.8) is 0 Å². The number of fused-ring (bicyclic) bond motifs is 2. The number of aliphatic imine (C=N–C) groups is 1. The largest absolute Gasteiger partial charge is 0.276 e. The molecule has 1 aliphatic rings.